The predicted octanol–water partition coefficient (Wildman–Crippen LogP) is 0.840. The highest BCUT2D eigenvalue weighted by Crippen LogP contribution is 2.30. The molecular formula is C13H22N4O2. The Balaban J connectivity index is 2.17. The zero-order valence-electron chi connectivity index (χ0n) is 11.7. The lowest BCUT2D eigenvalue weighted by Crippen LogP contribution is -2.46. The first-order chi connectivity index (χ1) is 8.99. The summed E-state index contributed by atoms with van der Waals surface area (Å²) in [7, 11) is 1.84. The van der Waals surface area contributed by atoms with E-state index in [0.717, 1.165) is 18.7 Å². The molecule has 2 atom stereocenters. The van der Waals surface area contributed by atoms with E-state index in [4.69, 9.17) is 0 Å². The topological polar surface area (TPSA) is 70.4 Å². The number of nitrogens with zero attached hydrogens (tertiary/aromatic N) is 3. The first-order valence-corrected chi connectivity index (χ1v) is 6.72. The average Bonchev–Trinajstić information content (AvgIpc) is 2.91. The first-order valence-electron chi connectivity index (χ1n) is 6.72. The van der Waals surface area contributed by atoms with Crippen LogP contribution in [-0.4, -0.2) is 45.5 Å². The first kappa shape index (κ1) is 13.9. The van der Waals surface area contributed by atoms with Crippen LogP contribution < -0.4 is 10.2 Å². The summed E-state index contributed by atoms with van der Waals surface area (Å²) in [6, 6.07) is 0.176. The smallest absolute Gasteiger partial charge is 0.326 e. The summed E-state index contributed by atoms with van der Waals surface area (Å²) in [6.45, 7) is 4.99. The maximum absolute atomic E-state index is 11.4. The highest BCUT2D eigenvalue weighted by molar-refractivity contribution is 5.79. The maximum Gasteiger partial charge on any atom is 0.326 e. The summed E-state index contributed by atoms with van der Waals surface area (Å²) < 4.78 is 1.71. The monoisotopic (exact) mass is 266 g/mol. The Bertz CT molecular complexity index is 444. The van der Waals surface area contributed by atoms with Crippen LogP contribution in [0.15, 0.2) is 12.4 Å². The summed E-state index contributed by atoms with van der Waals surface area (Å²) in [4.78, 5) is 13.4. The van der Waals surface area contributed by atoms with Crippen molar-refractivity contribution in [1.82, 2.24) is 15.1 Å². The number of aromatic nitrogens is 2. The Morgan fingerprint density at radius 3 is 2.84 bits per heavy atom. The van der Waals surface area contributed by atoms with Crippen molar-refractivity contribution in [1.29, 1.82) is 0 Å². The molecule has 1 aliphatic rings. The number of aliphatic carboxylic acids is 1. The molecule has 0 saturated carbocycles. The fraction of sp³-hybridized carbons (Fsp3) is 0.692. The fourth-order valence-electron chi connectivity index (χ4n) is 2.63. The van der Waals surface area contributed by atoms with E-state index >= 15 is 0 Å². The van der Waals surface area contributed by atoms with Crippen LogP contribution in [0, 0.1) is 0 Å². The van der Waals surface area contributed by atoms with E-state index in [2.05, 4.69) is 24.3 Å². The Hall–Kier alpha value is -1.56. The molecule has 6 nitrogen and oxygen atoms in total. The number of carboxylic acid groups (broad SMARTS) is 1. The zero-order valence-corrected chi connectivity index (χ0v) is 11.7. The standard InChI is InChI=1S/C13H22N4O2/c1-9(2)14-6-10-4-5-12(13(18)19)17(10)11-7-15-16(3)8-11/h7-10,12,14H,4-6H2,1-3H3,(H,18,19)/t10-,12-/m1/s1. The molecule has 0 unspecified atom stereocenters. The third-order valence-electron chi connectivity index (χ3n) is 3.54. The van der Waals surface area contributed by atoms with Gasteiger partial charge >= 0.3 is 5.97 Å². The fourth-order valence-corrected chi connectivity index (χ4v) is 2.63. The van der Waals surface area contributed by atoms with Gasteiger partial charge in [-0.15, -0.1) is 0 Å². The van der Waals surface area contributed by atoms with Crippen molar-refractivity contribution < 1.29 is 9.90 Å². The van der Waals surface area contributed by atoms with Crippen LogP contribution in [0.2, 0.25) is 0 Å². The van der Waals surface area contributed by atoms with E-state index < -0.39 is 12.0 Å². The predicted molar refractivity (Wildman–Crippen MR) is 73.3 cm³/mol. The maximum atomic E-state index is 11.4. The van der Waals surface area contributed by atoms with Crippen molar-refractivity contribution in [3.63, 3.8) is 0 Å². The molecule has 1 aromatic heterocycles. The second-order valence-corrected chi connectivity index (χ2v) is 5.43. The van der Waals surface area contributed by atoms with Crippen LogP contribution in [0.1, 0.15) is 26.7 Å². The molecule has 6 heteroatoms. The number of carbonyl (C=O) groups is 1. The molecule has 2 heterocycles. The third kappa shape index (κ3) is 3.07. The van der Waals surface area contributed by atoms with Gasteiger partial charge in [0, 0.05) is 31.9 Å². The van der Waals surface area contributed by atoms with Crippen LogP contribution in [0.3, 0.4) is 0 Å². The highest BCUT2D eigenvalue weighted by Gasteiger charge is 2.38. The highest BCUT2D eigenvalue weighted by atomic mass is 16.4. The SMILES string of the molecule is CC(C)NC[C@H]1CC[C@H](C(=O)O)N1c1cnn(C)c1. The van der Waals surface area contributed by atoms with Gasteiger partial charge in [-0.2, -0.15) is 5.10 Å². The second-order valence-electron chi connectivity index (χ2n) is 5.43. The Morgan fingerprint density at radius 1 is 1.58 bits per heavy atom. The van der Waals surface area contributed by atoms with Gasteiger partial charge in [0.1, 0.15) is 6.04 Å². The molecule has 0 aliphatic carbocycles. The molecule has 0 spiro atoms. The number of aryl methyl sites for hydroxylation is 1. The van der Waals surface area contributed by atoms with Gasteiger partial charge in [0.25, 0.3) is 0 Å². The molecule has 1 aromatic rings. The van der Waals surface area contributed by atoms with Gasteiger partial charge in [0.2, 0.25) is 0 Å². The molecule has 1 saturated heterocycles. The van der Waals surface area contributed by atoms with Gasteiger partial charge in [0.05, 0.1) is 11.9 Å². The van der Waals surface area contributed by atoms with Crippen LogP contribution >= 0.6 is 0 Å². The molecule has 0 aromatic carbocycles. The largest absolute Gasteiger partial charge is 0.480 e. The van der Waals surface area contributed by atoms with Gasteiger partial charge in [-0.05, 0) is 12.8 Å². The van der Waals surface area contributed by atoms with Gasteiger partial charge in [-0.25, -0.2) is 4.79 Å². The summed E-state index contributed by atoms with van der Waals surface area (Å²) in [5, 5.41) is 16.9. The average molecular weight is 266 g/mol. The Morgan fingerprint density at radius 2 is 2.32 bits per heavy atom. The molecule has 2 N–H and O–H groups in total. The lowest BCUT2D eigenvalue weighted by atomic mass is 10.2. The normalized spacial score (nSPS) is 23.3. The lowest BCUT2D eigenvalue weighted by Gasteiger charge is -2.29. The number of hydrogen-bond acceptors (Lipinski definition) is 4. The second kappa shape index (κ2) is 5.61. The molecule has 1 aliphatic heterocycles. The Kier molecular flexibility index (Phi) is 4.09. The summed E-state index contributed by atoms with van der Waals surface area (Å²) >= 11 is 0. The third-order valence-corrected chi connectivity index (χ3v) is 3.54. The van der Waals surface area contributed by atoms with Crippen molar-refractivity contribution >= 4 is 11.7 Å². The quantitative estimate of drug-likeness (QED) is 0.826. The minimum Gasteiger partial charge on any atom is -0.480 e. The van der Waals surface area contributed by atoms with Crippen molar-refractivity contribution in [2.75, 3.05) is 11.4 Å². The van der Waals surface area contributed by atoms with Crippen molar-refractivity contribution in [2.24, 2.45) is 7.05 Å². The molecule has 19 heavy (non-hydrogen) atoms. The van der Waals surface area contributed by atoms with Gasteiger partial charge in [-0.1, -0.05) is 13.8 Å². The summed E-state index contributed by atoms with van der Waals surface area (Å²) in [6.07, 6.45) is 5.20. The van der Waals surface area contributed by atoms with E-state index in [1.54, 1.807) is 10.9 Å². The minimum absolute atomic E-state index is 0.215. The molecule has 1 fully saturated rings. The van der Waals surface area contributed by atoms with E-state index in [1.807, 2.05) is 18.1 Å². The molecular weight excluding hydrogens is 244 g/mol. The number of rotatable bonds is 5. The number of hydrogen-bond donors (Lipinski definition) is 2. The molecule has 0 amide bonds. The van der Waals surface area contributed by atoms with Crippen molar-refractivity contribution in [2.45, 2.75) is 44.8 Å². The van der Waals surface area contributed by atoms with E-state index in [9.17, 15) is 9.90 Å². The Labute approximate surface area is 113 Å². The van der Waals surface area contributed by atoms with Crippen LogP contribution in [0.4, 0.5) is 5.69 Å². The van der Waals surface area contributed by atoms with E-state index in [0.29, 0.717) is 12.5 Å². The summed E-state index contributed by atoms with van der Waals surface area (Å²) in [5.41, 5.74) is 0.892. The summed E-state index contributed by atoms with van der Waals surface area (Å²) in [5.74, 6) is -0.754. The van der Waals surface area contributed by atoms with Crippen molar-refractivity contribution in [3.8, 4) is 0 Å². The van der Waals surface area contributed by atoms with Crippen LogP contribution in [0.25, 0.3) is 0 Å². The minimum atomic E-state index is -0.754. The van der Waals surface area contributed by atoms with Gasteiger partial charge in [0.15, 0.2) is 0 Å². The molecule has 2 rings (SSSR count). The molecule has 106 valence electrons. The van der Waals surface area contributed by atoms with Gasteiger partial charge < -0.3 is 15.3 Å². The number of nitrogens with one attached hydrogen (secondary N) is 1. The lowest BCUT2D eigenvalue weighted by molar-refractivity contribution is -0.138. The van der Waals surface area contributed by atoms with Gasteiger partial charge in [-0.3, -0.25) is 4.68 Å². The van der Waals surface area contributed by atoms with E-state index in [-0.39, 0.29) is 6.04 Å². The van der Waals surface area contributed by atoms with Crippen LogP contribution in [-0.2, 0) is 11.8 Å². The molecule has 0 radical (unpaired) electrons. The number of carboxylic acids is 1. The molecule has 0 bridgehead atoms. The van der Waals surface area contributed by atoms with E-state index in [1.165, 1.54) is 0 Å². The van der Waals surface area contributed by atoms with Crippen molar-refractivity contribution in [3.05, 3.63) is 12.4 Å². The van der Waals surface area contributed by atoms with Crippen LogP contribution in [0.5, 0.6) is 0 Å². The zero-order chi connectivity index (χ0) is 14.0. The number of anilines is 1.